The summed E-state index contributed by atoms with van der Waals surface area (Å²) in [6, 6.07) is 6.74. The van der Waals surface area contributed by atoms with E-state index in [0.717, 1.165) is 18.4 Å². The Hall–Kier alpha value is -2.43. The van der Waals surface area contributed by atoms with Crippen LogP contribution in [0.25, 0.3) is 11.4 Å². The van der Waals surface area contributed by atoms with Crippen LogP contribution in [-0.2, 0) is 4.79 Å². The second-order valence-electron chi connectivity index (χ2n) is 4.61. The van der Waals surface area contributed by atoms with Gasteiger partial charge >= 0.3 is 0 Å². The molecule has 1 heterocycles. The Morgan fingerprint density at radius 3 is 2.63 bits per heavy atom. The normalized spacial score (nSPS) is 14.1. The molecule has 2 N–H and O–H groups in total. The quantitative estimate of drug-likeness (QED) is 0.881. The fraction of sp³-hybridized carbons (Fsp3) is 0.214. The summed E-state index contributed by atoms with van der Waals surface area (Å²) in [5.41, 5.74) is 1.33. The van der Waals surface area contributed by atoms with Gasteiger partial charge in [-0.3, -0.25) is 4.79 Å². The van der Waals surface area contributed by atoms with Gasteiger partial charge in [0.15, 0.2) is 5.82 Å². The van der Waals surface area contributed by atoms with Gasteiger partial charge in [0.05, 0.1) is 18.1 Å². The summed E-state index contributed by atoms with van der Waals surface area (Å²) in [6.07, 6.45) is 5.08. The van der Waals surface area contributed by atoms with Crippen molar-refractivity contribution in [1.29, 1.82) is 0 Å². The number of hydrogen-bond donors (Lipinski definition) is 2. The van der Waals surface area contributed by atoms with Gasteiger partial charge in [0.25, 0.3) is 0 Å². The number of phenols is 1. The third kappa shape index (κ3) is 2.70. The van der Waals surface area contributed by atoms with Gasteiger partial charge in [-0.15, -0.1) is 0 Å². The molecule has 3 rings (SSSR count). The molecule has 19 heavy (non-hydrogen) atoms. The largest absolute Gasteiger partial charge is 0.508 e. The highest BCUT2D eigenvalue weighted by Crippen LogP contribution is 2.30. The summed E-state index contributed by atoms with van der Waals surface area (Å²) in [4.78, 5) is 19.9. The maximum absolute atomic E-state index is 11.6. The first-order chi connectivity index (χ1) is 9.22. The molecule has 0 aliphatic heterocycles. The van der Waals surface area contributed by atoms with Crippen molar-refractivity contribution >= 4 is 11.6 Å². The average Bonchev–Trinajstić information content (AvgIpc) is 3.24. The van der Waals surface area contributed by atoms with Crippen LogP contribution in [0.4, 0.5) is 5.69 Å². The molecule has 0 bridgehead atoms. The lowest BCUT2D eigenvalue weighted by Crippen LogP contribution is -2.13. The van der Waals surface area contributed by atoms with Crippen molar-refractivity contribution in [2.24, 2.45) is 5.92 Å². The molecule has 0 radical (unpaired) electrons. The molecule has 1 amide bonds. The van der Waals surface area contributed by atoms with Gasteiger partial charge < -0.3 is 10.4 Å². The molecule has 0 atom stereocenters. The molecule has 0 saturated heterocycles. The lowest BCUT2D eigenvalue weighted by molar-refractivity contribution is -0.117. The Labute approximate surface area is 110 Å². The average molecular weight is 255 g/mol. The molecular weight excluding hydrogens is 242 g/mol. The minimum absolute atomic E-state index is 0.0358. The Morgan fingerprint density at radius 1 is 1.26 bits per heavy atom. The SMILES string of the molecule is O=C(Nc1cnc(-c2cccc(O)c2)nc1)C1CC1. The Morgan fingerprint density at radius 2 is 2.00 bits per heavy atom. The van der Waals surface area contributed by atoms with Crippen LogP contribution < -0.4 is 5.32 Å². The molecule has 5 heteroatoms. The molecule has 1 fully saturated rings. The van der Waals surface area contributed by atoms with Crippen LogP contribution in [0.1, 0.15) is 12.8 Å². The number of amides is 1. The molecule has 0 spiro atoms. The third-order valence-electron chi connectivity index (χ3n) is 2.97. The molecule has 0 unspecified atom stereocenters. The van der Waals surface area contributed by atoms with Crippen molar-refractivity contribution in [2.75, 3.05) is 5.32 Å². The summed E-state index contributed by atoms with van der Waals surface area (Å²) in [6.45, 7) is 0. The van der Waals surface area contributed by atoms with E-state index in [1.165, 1.54) is 0 Å². The zero-order valence-electron chi connectivity index (χ0n) is 10.2. The van der Waals surface area contributed by atoms with E-state index in [4.69, 9.17) is 0 Å². The molecule has 1 aromatic heterocycles. The van der Waals surface area contributed by atoms with Crippen LogP contribution in [0.15, 0.2) is 36.7 Å². The number of carbonyl (C=O) groups is 1. The number of phenolic OH excluding ortho intramolecular Hbond substituents is 1. The second-order valence-corrected chi connectivity index (χ2v) is 4.61. The standard InChI is InChI=1S/C14H13N3O2/c18-12-3-1-2-10(6-12)13-15-7-11(8-16-13)17-14(19)9-4-5-9/h1-3,6-9,18H,4-5H2,(H,17,19). The summed E-state index contributed by atoms with van der Waals surface area (Å²) >= 11 is 0. The zero-order chi connectivity index (χ0) is 13.2. The monoisotopic (exact) mass is 255 g/mol. The predicted molar refractivity (Wildman–Crippen MR) is 70.5 cm³/mol. The van der Waals surface area contributed by atoms with Gasteiger partial charge in [-0.2, -0.15) is 0 Å². The first-order valence-corrected chi connectivity index (χ1v) is 6.15. The number of nitrogens with one attached hydrogen (secondary N) is 1. The van der Waals surface area contributed by atoms with Gasteiger partial charge in [-0.05, 0) is 25.0 Å². The summed E-state index contributed by atoms with van der Waals surface area (Å²) in [5, 5.41) is 12.2. The van der Waals surface area contributed by atoms with Crippen LogP contribution in [-0.4, -0.2) is 21.0 Å². The van der Waals surface area contributed by atoms with E-state index in [1.807, 2.05) is 6.07 Å². The topological polar surface area (TPSA) is 75.1 Å². The fourth-order valence-electron chi connectivity index (χ4n) is 1.78. The first kappa shape index (κ1) is 11.6. The Bertz CT molecular complexity index is 606. The highest BCUT2D eigenvalue weighted by Gasteiger charge is 2.29. The van der Waals surface area contributed by atoms with Crippen molar-refractivity contribution in [3.05, 3.63) is 36.7 Å². The van der Waals surface area contributed by atoms with Crippen molar-refractivity contribution < 1.29 is 9.90 Å². The van der Waals surface area contributed by atoms with Crippen molar-refractivity contribution in [3.63, 3.8) is 0 Å². The van der Waals surface area contributed by atoms with E-state index in [2.05, 4.69) is 15.3 Å². The van der Waals surface area contributed by atoms with Crippen LogP contribution in [0.5, 0.6) is 5.75 Å². The van der Waals surface area contributed by atoms with Crippen LogP contribution in [0, 0.1) is 5.92 Å². The number of rotatable bonds is 3. The van der Waals surface area contributed by atoms with E-state index >= 15 is 0 Å². The van der Waals surface area contributed by atoms with E-state index < -0.39 is 0 Å². The lowest BCUT2D eigenvalue weighted by atomic mass is 10.2. The maximum atomic E-state index is 11.6. The minimum Gasteiger partial charge on any atom is -0.508 e. The number of aromatic hydroxyl groups is 1. The molecule has 1 aliphatic rings. The van der Waals surface area contributed by atoms with Crippen LogP contribution in [0.3, 0.4) is 0 Å². The van der Waals surface area contributed by atoms with Gasteiger partial charge in [0, 0.05) is 11.5 Å². The highest BCUT2D eigenvalue weighted by atomic mass is 16.3. The number of hydrogen-bond acceptors (Lipinski definition) is 4. The molecule has 5 nitrogen and oxygen atoms in total. The van der Waals surface area contributed by atoms with E-state index in [-0.39, 0.29) is 17.6 Å². The smallest absolute Gasteiger partial charge is 0.227 e. The number of aromatic nitrogens is 2. The number of nitrogens with zero attached hydrogens (tertiary/aromatic N) is 2. The summed E-state index contributed by atoms with van der Waals surface area (Å²) < 4.78 is 0. The molecule has 1 aromatic carbocycles. The molecule has 1 aliphatic carbocycles. The number of carbonyl (C=O) groups excluding carboxylic acids is 1. The molecule has 1 saturated carbocycles. The molecule has 96 valence electrons. The van der Waals surface area contributed by atoms with Crippen LogP contribution in [0.2, 0.25) is 0 Å². The zero-order valence-corrected chi connectivity index (χ0v) is 10.2. The Kier molecular flexibility index (Phi) is 2.87. The molecular formula is C14H13N3O2. The highest BCUT2D eigenvalue weighted by molar-refractivity contribution is 5.93. The third-order valence-corrected chi connectivity index (χ3v) is 2.97. The lowest BCUT2D eigenvalue weighted by Gasteiger charge is -2.04. The second kappa shape index (κ2) is 4.68. The van der Waals surface area contributed by atoms with E-state index in [1.54, 1.807) is 30.6 Å². The Balaban J connectivity index is 1.76. The van der Waals surface area contributed by atoms with E-state index in [0.29, 0.717) is 11.5 Å². The maximum Gasteiger partial charge on any atom is 0.227 e. The van der Waals surface area contributed by atoms with Crippen molar-refractivity contribution in [2.45, 2.75) is 12.8 Å². The van der Waals surface area contributed by atoms with Gasteiger partial charge in [-0.1, -0.05) is 12.1 Å². The minimum atomic E-state index is 0.0358. The summed E-state index contributed by atoms with van der Waals surface area (Å²) in [7, 11) is 0. The number of anilines is 1. The molecule has 2 aromatic rings. The first-order valence-electron chi connectivity index (χ1n) is 6.15. The summed E-state index contributed by atoms with van der Waals surface area (Å²) in [5.74, 6) is 0.881. The van der Waals surface area contributed by atoms with Crippen molar-refractivity contribution in [3.8, 4) is 17.1 Å². The van der Waals surface area contributed by atoms with Gasteiger partial charge in [0.2, 0.25) is 5.91 Å². The van der Waals surface area contributed by atoms with Crippen LogP contribution >= 0.6 is 0 Å². The van der Waals surface area contributed by atoms with Gasteiger partial charge in [0.1, 0.15) is 5.75 Å². The van der Waals surface area contributed by atoms with Gasteiger partial charge in [-0.25, -0.2) is 9.97 Å². The predicted octanol–water partition coefficient (Wildman–Crippen LogP) is 2.20. The van der Waals surface area contributed by atoms with Crippen molar-refractivity contribution in [1.82, 2.24) is 9.97 Å². The van der Waals surface area contributed by atoms with E-state index in [9.17, 15) is 9.90 Å². The number of benzene rings is 1. The fourth-order valence-corrected chi connectivity index (χ4v) is 1.78.